The SMILES string of the molecule is COCCCNC(=O)CN(C)CCCC(=O)O. The Balaban J connectivity index is 3.48. The Morgan fingerprint density at radius 3 is 2.65 bits per heavy atom. The number of carboxylic acids is 1. The van der Waals surface area contributed by atoms with Gasteiger partial charge in [-0.05, 0) is 26.4 Å². The topological polar surface area (TPSA) is 78.9 Å². The van der Waals surface area contributed by atoms with E-state index < -0.39 is 5.97 Å². The van der Waals surface area contributed by atoms with Gasteiger partial charge in [-0.3, -0.25) is 14.5 Å². The third kappa shape index (κ3) is 11.1. The lowest BCUT2D eigenvalue weighted by Crippen LogP contribution is -2.36. The quantitative estimate of drug-likeness (QED) is 0.528. The summed E-state index contributed by atoms with van der Waals surface area (Å²) in [5.74, 6) is -0.846. The van der Waals surface area contributed by atoms with E-state index in [1.807, 2.05) is 4.90 Å². The molecule has 0 rings (SSSR count). The molecule has 0 aliphatic rings. The number of amides is 1. The summed E-state index contributed by atoms with van der Waals surface area (Å²) in [6, 6.07) is 0. The number of likely N-dealkylation sites (N-methyl/N-ethyl adjacent to an activating group) is 1. The van der Waals surface area contributed by atoms with Crippen LogP contribution in [0, 0.1) is 0 Å². The van der Waals surface area contributed by atoms with Gasteiger partial charge in [0.2, 0.25) is 5.91 Å². The molecule has 1 amide bonds. The average Bonchev–Trinajstić information content (AvgIpc) is 2.23. The predicted octanol–water partition coefficient (Wildman–Crippen LogP) is -0.0643. The molecule has 0 heterocycles. The second kappa shape index (κ2) is 10.0. The Hall–Kier alpha value is -1.14. The van der Waals surface area contributed by atoms with Crippen LogP contribution in [0.2, 0.25) is 0 Å². The molecule has 0 aliphatic carbocycles. The molecule has 0 fully saturated rings. The van der Waals surface area contributed by atoms with E-state index in [4.69, 9.17) is 9.84 Å². The summed E-state index contributed by atoms with van der Waals surface area (Å²) in [5.41, 5.74) is 0. The molecule has 6 heteroatoms. The van der Waals surface area contributed by atoms with E-state index in [1.165, 1.54) is 0 Å². The van der Waals surface area contributed by atoms with E-state index in [2.05, 4.69) is 5.32 Å². The number of nitrogens with zero attached hydrogens (tertiary/aromatic N) is 1. The largest absolute Gasteiger partial charge is 0.481 e. The molecule has 0 aromatic carbocycles. The van der Waals surface area contributed by atoms with Gasteiger partial charge in [0, 0.05) is 26.7 Å². The second-order valence-corrected chi connectivity index (χ2v) is 3.93. The van der Waals surface area contributed by atoms with Crippen LogP contribution in [0.25, 0.3) is 0 Å². The fraction of sp³-hybridized carbons (Fsp3) is 0.818. The number of methoxy groups -OCH3 is 1. The number of carbonyl (C=O) groups is 2. The van der Waals surface area contributed by atoms with Crippen LogP contribution < -0.4 is 5.32 Å². The van der Waals surface area contributed by atoms with E-state index in [1.54, 1.807) is 14.2 Å². The van der Waals surface area contributed by atoms with Gasteiger partial charge in [0.05, 0.1) is 6.54 Å². The van der Waals surface area contributed by atoms with Gasteiger partial charge in [-0.15, -0.1) is 0 Å². The van der Waals surface area contributed by atoms with Crippen molar-refractivity contribution >= 4 is 11.9 Å². The number of aliphatic carboxylic acids is 1. The van der Waals surface area contributed by atoms with Gasteiger partial charge in [0.1, 0.15) is 0 Å². The molecule has 2 N–H and O–H groups in total. The van der Waals surface area contributed by atoms with Crippen LogP contribution in [-0.4, -0.2) is 62.3 Å². The molecule has 0 saturated heterocycles. The molecule has 0 aromatic heterocycles. The van der Waals surface area contributed by atoms with Crippen molar-refractivity contribution in [2.75, 3.05) is 40.4 Å². The van der Waals surface area contributed by atoms with Crippen LogP contribution in [0.5, 0.6) is 0 Å². The zero-order chi connectivity index (χ0) is 13.1. The van der Waals surface area contributed by atoms with Crippen molar-refractivity contribution < 1.29 is 19.4 Å². The molecule has 0 spiro atoms. The van der Waals surface area contributed by atoms with Crippen molar-refractivity contribution in [1.29, 1.82) is 0 Å². The lowest BCUT2D eigenvalue weighted by molar-refractivity contribution is -0.137. The van der Waals surface area contributed by atoms with Crippen molar-refractivity contribution in [3.8, 4) is 0 Å². The zero-order valence-corrected chi connectivity index (χ0v) is 10.6. The highest BCUT2D eigenvalue weighted by molar-refractivity contribution is 5.77. The smallest absolute Gasteiger partial charge is 0.303 e. The summed E-state index contributed by atoms with van der Waals surface area (Å²) in [6.07, 6.45) is 1.49. The van der Waals surface area contributed by atoms with Crippen molar-refractivity contribution in [2.45, 2.75) is 19.3 Å². The number of ether oxygens (including phenoxy) is 1. The first-order chi connectivity index (χ1) is 8.06. The summed E-state index contributed by atoms with van der Waals surface area (Å²) in [7, 11) is 3.43. The number of hydrogen-bond donors (Lipinski definition) is 2. The minimum atomic E-state index is -0.803. The number of rotatable bonds is 10. The Labute approximate surface area is 102 Å². The van der Waals surface area contributed by atoms with Crippen LogP contribution in [-0.2, 0) is 14.3 Å². The number of carbonyl (C=O) groups excluding carboxylic acids is 1. The van der Waals surface area contributed by atoms with Gasteiger partial charge in [0.15, 0.2) is 0 Å². The van der Waals surface area contributed by atoms with Gasteiger partial charge in [0.25, 0.3) is 0 Å². The molecule has 100 valence electrons. The third-order valence-electron chi connectivity index (χ3n) is 2.19. The highest BCUT2D eigenvalue weighted by Gasteiger charge is 2.06. The maximum atomic E-state index is 11.4. The van der Waals surface area contributed by atoms with Gasteiger partial charge in [-0.25, -0.2) is 0 Å². The van der Waals surface area contributed by atoms with E-state index in [-0.39, 0.29) is 12.3 Å². The normalized spacial score (nSPS) is 10.5. The molecule has 0 unspecified atom stereocenters. The van der Waals surface area contributed by atoms with Gasteiger partial charge in [-0.2, -0.15) is 0 Å². The van der Waals surface area contributed by atoms with E-state index in [9.17, 15) is 9.59 Å². The van der Waals surface area contributed by atoms with Gasteiger partial charge >= 0.3 is 5.97 Å². The molecule has 6 nitrogen and oxygen atoms in total. The number of hydrogen-bond acceptors (Lipinski definition) is 4. The first-order valence-electron chi connectivity index (χ1n) is 5.72. The molecule has 0 aromatic rings. The molecular weight excluding hydrogens is 224 g/mol. The van der Waals surface area contributed by atoms with Crippen LogP contribution in [0.1, 0.15) is 19.3 Å². The maximum Gasteiger partial charge on any atom is 0.303 e. The van der Waals surface area contributed by atoms with Crippen molar-refractivity contribution in [1.82, 2.24) is 10.2 Å². The molecule has 0 bridgehead atoms. The monoisotopic (exact) mass is 246 g/mol. The van der Waals surface area contributed by atoms with Crippen LogP contribution in [0.15, 0.2) is 0 Å². The Kier molecular flexibility index (Phi) is 9.37. The Morgan fingerprint density at radius 2 is 2.06 bits per heavy atom. The highest BCUT2D eigenvalue weighted by atomic mass is 16.5. The van der Waals surface area contributed by atoms with Crippen molar-refractivity contribution in [2.24, 2.45) is 0 Å². The average molecular weight is 246 g/mol. The molecule has 0 aliphatic heterocycles. The van der Waals surface area contributed by atoms with E-state index in [0.717, 1.165) is 6.42 Å². The lowest BCUT2D eigenvalue weighted by atomic mass is 10.3. The standard InChI is InChI=1S/C11H22N2O4/c1-13(7-3-5-11(15)16)9-10(14)12-6-4-8-17-2/h3-9H2,1-2H3,(H,12,14)(H,15,16). The summed E-state index contributed by atoms with van der Waals surface area (Å²) >= 11 is 0. The Bertz CT molecular complexity index is 234. The second-order valence-electron chi connectivity index (χ2n) is 3.93. The first kappa shape index (κ1) is 15.9. The van der Waals surface area contributed by atoms with Crippen LogP contribution in [0.3, 0.4) is 0 Å². The fourth-order valence-corrected chi connectivity index (χ4v) is 1.32. The van der Waals surface area contributed by atoms with Gasteiger partial charge in [-0.1, -0.05) is 0 Å². The fourth-order valence-electron chi connectivity index (χ4n) is 1.32. The van der Waals surface area contributed by atoms with Crippen LogP contribution >= 0.6 is 0 Å². The number of nitrogens with one attached hydrogen (secondary N) is 1. The maximum absolute atomic E-state index is 11.4. The minimum Gasteiger partial charge on any atom is -0.481 e. The summed E-state index contributed by atoms with van der Waals surface area (Å²) < 4.78 is 4.86. The number of carboxylic acid groups (broad SMARTS) is 1. The lowest BCUT2D eigenvalue weighted by Gasteiger charge is -2.15. The minimum absolute atomic E-state index is 0.0427. The molecule has 0 radical (unpaired) electrons. The molecule has 0 atom stereocenters. The van der Waals surface area contributed by atoms with Crippen LogP contribution in [0.4, 0.5) is 0 Å². The van der Waals surface area contributed by atoms with Gasteiger partial charge < -0.3 is 15.2 Å². The molecule has 17 heavy (non-hydrogen) atoms. The first-order valence-corrected chi connectivity index (χ1v) is 5.72. The summed E-state index contributed by atoms with van der Waals surface area (Å²) in [6.45, 7) is 2.15. The van der Waals surface area contributed by atoms with Crippen molar-refractivity contribution in [3.63, 3.8) is 0 Å². The van der Waals surface area contributed by atoms with E-state index >= 15 is 0 Å². The summed E-state index contributed by atoms with van der Waals surface area (Å²) in [5, 5.41) is 11.2. The molecule has 0 saturated carbocycles. The van der Waals surface area contributed by atoms with E-state index in [0.29, 0.717) is 32.7 Å². The van der Waals surface area contributed by atoms with Crippen molar-refractivity contribution in [3.05, 3.63) is 0 Å². The summed E-state index contributed by atoms with van der Waals surface area (Å²) in [4.78, 5) is 23.5. The third-order valence-corrected chi connectivity index (χ3v) is 2.19. The highest BCUT2D eigenvalue weighted by Crippen LogP contribution is 1.92. The predicted molar refractivity (Wildman–Crippen MR) is 63.9 cm³/mol. The Morgan fingerprint density at radius 1 is 1.35 bits per heavy atom. The molecular formula is C11H22N2O4. The zero-order valence-electron chi connectivity index (χ0n) is 10.6.